The molecule has 0 fully saturated rings. The molecule has 0 spiro atoms. The molecule has 4 nitrogen and oxygen atoms in total. The van der Waals surface area contributed by atoms with E-state index in [2.05, 4.69) is 22.1 Å². The zero-order valence-corrected chi connectivity index (χ0v) is 12.1. The summed E-state index contributed by atoms with van der Waals surface area (Å²) in [5.41, 5.74) is 9.50. The summed E-state index contributed by atoms with van der Waals surface area (Å²) in [6.45, 7) is 4.28. The molecule has 0 bridgehead atoms. The number of nitrogens with two attached hydrogens (primary N) is 1. The number of amides is 1. The molecule has 4 heteroatoms. The van der Waals surface area contributed by atoms with Gasteiger partial charge in [-0.25, -0.2) is 0 Å². The Bertz CT molecular complexity index is 726. The molecule has 1 aromatic heterocycles. The zero-order valence-electron chi connectivity index (χ0n) is 12.1. The SMILES string of the molecule is Cc1ccc(NC(=O)c2ccncc2C#CCN)cc1C. The van der Waals surface area contributed by atoms with Crippen LogP contribution in [-0.2, 0) is 0 Å². The molecule has 1 heterocycles. The van der Waals surface area contributed by atoms with Crippen molar-refractivity contribution < 1.29 is 4.79 Å². The number of aryl methyl sites for hydroxylation is 2. The minimum Gasteiger partial charge on any atom is -0.322 e. The smallest absolute Gasteiger partial charge is 0.257 e. The predicted octanol–water partition coefficient (Wildman–Crippen LogP) is 2.26. The maximum atomic E-state index is 12.4. The fraction of sp³-hybridized carbons (Fsp3) is 0.176. The van der Waals surface area contributed by atoms with Gasteiger partial charge in [0.15, 0.2) is 0 Å². The van der Waals surface area contributed by atoms with Crippen LogP contribution in [0.15, 0.2) is 36.7 Å². The van der Waals surface area contributed by atoms with E-state index in [1.807, 2.05) is 32.0 Å². The van der Waals surface area contributed by atoms with Crippen molar-refractivity contribution in [3.05, 3.63) is 58.9 Å². The largest absolute Gasteiger partial charge is 0.322 e. The molecule has 2 rings (SSSR count). The summed E-state index contributed by atoms with van der Waals surface area (Å²) >= 11 is 0. The molecule has 1 amide bonds. The van der Waals surface area contributed by atoms with Gasteiger partial charge in [0.05, 0.1) is 17.7 Å². The number of hydrogen-bond donors (Lipinski definition) is 2. The molecule has 0 saturated heterocycles. The quantitative estimate of drug-likeness (QED) is 0.829. The van der Waals surface area contributed by atoms with Crippen LogP contribution in [0.2, 0.25) is 0 Å². The van der Waals surface area contributed by atoms with Gasteiger partial charge in [-0.1, -0.05) is 17.9 Å². The first-order valence-electron chi connectivity index (χ1n) is 6.63. The Morgan fingerprint density at radius 2 is 2.10 bits per heavy atom. The summed E-state index contributed by atoms with van der Waals surface area (Å²) in [6, 6.07) is 7.45. The van der Waals surface area contributed by atoms with Crippen LogP contribution in [0.1, 0.15) is 27.0 Å². The summed E-state index contributed by atoms with van der Waals surface area (Å²) in [4.78, 5) is 16.3. The van der Waals surface area contributed by atoms with Crippen molar-refractivity contribution in [3.8, 4) is 11.8 Å². The molecule has 0 aliphatic rings. The summed E-state index contributed by atoms with van der Waals surface area (Å²) in [5, 5.41) is 2.88. The molecule has 2 aromatic rings. The van der Waals surface area contributed by atoms with Crippen molar-refractivity contribution in [2.24, 2.45) is 5.73 Å². The maximum Gasteiger partial charge on any atom is 0.257 e. The van der Waals surface area contributed by atoms with Crippen LogP contribution >= 0.6 is 0 Å². The highest BCUT2D eigenvalue weighted by molar-refractivity contribution is 6.05. The van der Waals surface area contributed by atoms with E-state index in [0.29, 0.717) is 11.1 Å². The Balaban J connectivity index is 2.26. The molecule has 0 aliphatic carbocycles. The Labute approximate surface area is 124 Å². The van der Waals surface area contributed by atoms with Crippen LogP contribution in [-0.4, -0.2) is 17.4 Å². The van der Waals surface area contributed by atoms with Gasteiger partial charge < -0.3 is 11.1 Å². The number of anilines is 1. The van der Waals surface area contributed by atoms with E-state index in [0.717, 1.165) is 11.3 Å². The molecule has 0 aliphatic heterocycles. The standard InChI is InChI=1S/C17H17N3O/c1-12-5-6-15(10-13(12)2)20-17(21)16-7-9-19-11-14(16)4-3-8-18/h5-7,9-11H,8,18H2,1-2H3,(H,20,21). The molecule has 0 saturated carbocycles. The van der Waals surface area contributed by atoms with E-state index in [9.17, 15) is 4.79 Å². The summed E-state index contributed by atoms with van der Waals surface area (Å²) < 4.78 is 0. The van der Waals surface area contributed by atoms with Crippen molar-refractivity contribution in [1.29, 1.82) is 0 Å². The normalized spacial score (nSPS) is 9.67. The van der Waals surface area contributed by atoms with Crippen molar-refractivity contribution >= 4 is 11.6 Å². The lowest BCUT2D eigenvalue weighted by Crippen LogP contribution is -2.14. The second kappa shape index (κ2) is 6.69. The molecular weight excluding hydrogens is 262 g/mol. The number of rotatable bonds is 2. The monoisotopic (exact) mass is 279 g/mol. The van der Waals surface area contributed by atoms with Gasteiger partial charge >= 0.3 is 0 Å². The second-order valence-electron chi connectivity index (χ2n) is 4.68. The minimum atomic E-state index is -0.207. The van der Waals surface area contributed by atoms with Crippen molar-refractivity contribution in [2.75, 3.05) is 11.9 Å². The third-order valence-electron chi connectivity index (χ3n) is 3.16. The summed E-state index contributed by atoms with van der Waals surface area (Å²) in [7, 11) is 0. The second-order valence-corrected chi connectivity index (χ2v) is 4.68. The van der Waals surface area contributed by atoms with Gasteiger partial charge in [-0.2, -0.15) is 0 Å². The van der Waals surface area contributed by atoms with E-state index in [1.54, 1.807) is 18.5 Å². The number of pyridine rings is 1. The van der Waals surface area contributed by atoms with E-state index in [4.69, 9.17) is 5.73 Å². The van der Waals surface area contributed by atoms with Gasteiger partial charge in [-0.15, -0.1) is 0 Å². The maximum absolute atomic E-state index is 12.4. The molecule has 0 unspecified atom stereocenters. The van der Waals surface area contributed by atoms with Crippen molar-refractivity contribution in [2.45, 2.75) is 13.8 Å². The van der Waals surface area contributed by atoms with Crippen LogP contribution in [0.5, 0.6) is 0 Å². The van der Waals surface area contributed by atoms with Crippen LogP contribution in [0.4, 0.5) is 5.69 Å². The lowest BCUT2D eigenvalue weighted by molar-refractivity contribution is 0.102. The number of hydrogen-bond acceptors (Lipinski definition) is 3. The van der Waals surface area contributed by atoms with Crippen molar-refractivity contribution in [3.63, 3.8) is 0 Å². The van der Waals surface area contributed by atoms with Gasteiger partial charge in [-0.3, -0.25) is 9.78 Å². The van der Waals surface area contributed by atoms with Gasteiger partial charge in [0, 0.05) is 18.1 Å². The molecule has 1 aromatic carbocycles. The molecule has 0 radical (unpaired) electrons. The van der Waals surface area contributed by atoms with Crippen molar-refractivity contribution in [1.82, 2.24) is 4.98 Å². The number of nitrogens with one attached hydrogen (secondary N) is 1. The molecule has 106 valence electrons. The average Bonchev–Trinajstić information content (AvgIpc) is 2.49. The Hall–Kier alpha value is -2.64. The topological polar surface area (TPSA) is 68.0 Å². The molecule has 0 atom stereocenters. The lowest BCUT2D eigenvalue weighted by atomic mass is 10.1. The molecular formula is C17H17N3O. The van der Waals surface area contributed by atoms with Gasteiger partial charge in [0.2, 0.25) is 0 Å². The van der Waals surface area contributed by atoms with Crippen LogP contribution < -0.4 is 11.1 Å². The fourth-order valence-corrected chi connectivity index (χ4v) is 1.86. The van der Waals surface area contributed by atoms with Crippen LogP contribution in [0.3, 0.4) is 0 Å². The number of carbonyl (C=O) groups is 1. The Morgan fingerprint density at radius 3 is 2.81 bits per heavy atom. The average molecular weight is 279 g/mol. The number of nitrogens with zero attached hydrogens (tertiary/aromatic N) is 1. The van der Waals surface area contributed by atoms with Crippen LogP contribution in [0.25, 0.3) is 0 Å². The van der Waals surface area contributed by atoms with E-state index in [-0.39, 0.29) is 12.5 Å². The summed E-state index contributed by atoms with van der Waals surface area (Å²) in [6.07, 6.45) is 3.14. The first-order valence-corrected chi connectivity index (χ1v) is 6.63. The Kier molecular flexibility index (Phi) is 4.70. The fourth-order valence-electron chi connectivity index (χ4n) is 1.86. The third kappa shape index (κ3) is 3.68. The first-order chi connectivity index (χ1) is 10.1. The van der Waals surface area contributed by atoms with E-state index >= 15 is 0 Å². The van der Waals surface area contributed by atoms with Gasteiger partial charge in [0.1, 0.15) is 0 Å². The number of carbonyl (C=O) groups excluding carboxylic acids is 1. The van der Waals surface area contributed by atoms with Crippen LogP contribution in [0, 0.1) is 25.7 Å². The highest BCUT2D eigenvalue weighted by Crippen LogP contribution is 2.16. The first kappa shape index (κ1) is 14.8. The third-order valence-corrected chi connectivity index (χ3v) is 3.16. The predicted molar refractivity (Wildman–Crippen MR) is 84.0 cm³/mol. The van der Waals surface area contributed by atoms with Gasteiger partial charge in [-0.05, 0) is 43.2 Å². The number of aromatic nitrogens is 1. The zero-order chi connectivity index (χ0) is 15.2. The van der Waals surface area contributed by atoms with E-state index in [1.165, 1.54) is 5.56 Å². The summed E-state index contributed by atoms with van der Waals surface area (Å²) in [5.74, 6) is 5.39. The highest BCUT2D eigenvalue weighted by Gasteiger charge is 2.10. The van der Waals surface area contributed by atoms with E-state index < -0.39 is 0 Å². The molecule has 21 heavy (non-hydrogen) atoms. The van der Waals surface area contributed by atoms with Gasteiger partial charge in [0.25, 0.3) is 5.91 Å². The Morgan fingerprint density at radius 1 is 1.29 bits per heavy atom. The molecule has 3 N–H and O–H groups in total. The number of benzene rings is 1. The minimum absolute atomic E-state index is 0.207. The highest BCUT2D eigenvalue weighted by atomic mass is 16.1. The lowest BCUT2D eigenvalue weighted by Gasteiger charge is -2.08.